The van der Waals surface area contributed by atoms with Gasteiger partial charge in [0.25, 0.3) is 0 Å². The van der Waals surface area contributed by atoms with Gasteiger partial charge in [-0.2, -0.15) is 0 Å². The number of aliphatic imine (C=N–C) groups is 1. The average molecular weight is 173 g/mol. The Bertz CT molecular complexity index is 113. The zero-order chi connectivity index (χ0) is 9.23. The van der Waals surface area contributed by atoms with Crippen molar-refractivity contribution < 1.29 is 9.47 Å². The van der Waals surface area contributed by atoms with Crippen LogP contribution < -0.4 is 0 Å². The molecule has 0 unspecified atom stereocenters. The molecule has 0 N–H and O–H groups in total. The van der Waals surface area contributed by atoms with Gasteiger partial charge in [-0.1, -0.05) is 0 Å². The summed E-state index contributed by atoms with van der Waals surface area (Å²) in [5, 5.41) is 0. The van der Waals surface area contributed by atoms with Crippen molar-refractivity contribution in [1.82, 2.24) is 0 Å². The second kappa shape index (κ2) is 8.68. The smallest absolute Gasteiger partial charge is 0.0815 e. The molecule has 0 amide bonds. The Labute approximate surface area is 74.8 Å². The number of rotatable bonds is 7. The van der Waals surface area contributed by atoms with Crippen LogP contribution in [0.3, 0.4) is 0 Å². The molecule has 0 bridgehead atoms. The molecule has 0 saturated heterocycles. The van der Waals surface area contributed by atoms with Crippen molar-refractivity contribution >= 4 is 6.21 Å². The molecule has 0 aromatic rings. The predicted molar refractivity (Wildman–Crippen MR) is 50.9 cm³/mol. The van der Waals surface area contributed by atoms with Crippen molar-refractivity contribution in [3.8, 4) is 0 Å². The van der Waals surface area contributed by atoms with Gasteiger partial charge in [-0.05, 0) is 20.8 Å². The Hall–Kier alpha value is -0.410. The van der Waals surface area contributed by atoms with Crippen LogP contribution in [0.2, 0.25) is 0 Å². The maximum atomic E-state index is 5.21. The van der Waals surface area contributed by atoms with Crippen LogP contribution in [0.4, 0.5) is 0 Å². The Morgan fingerprint density at radius 1 is 1.25 bits per heavy atom. The number of nitrogens with zero attached hydrogens (tertiary/aromatic N) is 1. The van der Waals surface area contributed by atoms with Crippen molar-refractivity contribution in [3.05, 3.63) is 0 Å². The van der Waals surface area contributed by atoms with Crippen molar-refractivity contribution in [3.63, 3.8) is 0 Å². The molecule has 12 heavy (non-hydrogen) atoms. The maximum Gasteiger partial charge on any atom is 0.0815 e. The van der Waals surface area contributed by atoms with Gasteiger partial charge in [0.15, 0.2) is 0 Å². The van der Waals surface area contributed by atoms with Crippen LogP contribution in [-0.2, 0) is 9.47 Å². The zero-order valence-corrected chi connectivity index (χ0v) is 8.25. The van der Waals surface area contributed by atoms with Gasteiger partial charge in [-0.15, -0.1) is 0 Å². The summed E-state index contributed by atoms with van der Waals surface area (Å²) in [6.45, 7) is 8.71. The Morgan fingerprint density at radius 3 is 2.50 bits per heavy atom. The third kappa shape index (κ3) is 9.59. The molecule has 0 aliphatic rings. The highest BCUT2D eigenvalue weighted by atomic mass is 16.5. The summed E-state index contributed by atoms with van der Waals surface area (Å²) < 4.78 is 10.3. The van der Waals surface area contributed by atoms with Crippen LogP contribution >= 0.6 is 0 Å². The van der Waals surface area contributed by atoms with E-state index in [1.165, 1.54) is 0 Å². The minimum Gasteiger partial charge on any atom is -0.379 e. The molecule has 3 heteroatoms. The highest BCUT2D eigenvalue weighted by Gasteiger charge is 1.86. The lowest BCUT2D eigenvalue weighted by Gasteiger charge is -2.00. The number of hydrogen-bond acceptors (Lipinski definition) is 3. The van der Waals surface area contributed by atoms with E-state index in [2.05, 4.69) is 4.99 Å². The highest BCUT2D eigenvalue weighted by Crippen LogP contribution is 1.83. The Balaban J connectivity index is 3.00. The molecule has 0 heterocycles. The lowest BCUT2D eigenvalue weighted by molar-refractivity contribution is 0.0688. The predicted octanol–water partition coefficient (Wildman–Crippen LogP) is 1.52. The first-order valence-corrected chi connectivity index (χ1v) is 4.44. The summed E-state index contributed by atoms with van der Waals surface area (Å²) >= 11 is 0. The third-order valence-electron chi connectivity index (χ3n) is 1.17. The van der Waals surface area contributed by atoms with Gasteiger partial charge in [-0.3, -0.25) is 4.99 Å². The van der Waals surface area contributed by atoms with Crippen LogP contribution in [0.25, 0.3) is 0 Å². The summed E-state index contributed by atoms with van der Waals surface area (Å²) in [4.78, 5) is 4.15. The molecule has 0 rings (SSSR count). The van der Waals surface area contributed by atoms with E-state index in [4.69, 9.17) is 9.47 Å². The van der Waals surface area contributed by atoms with Crippen LogP contribution in [0.5, 0.6) is 0 Å². The lowest BCUT2D eigenvalue weighted by Crippen LogP contribution is -2.06. The number of ether oxygens (including phenoxy) is 2. The molecule has 72 valence electrons. The van der Waals surface area contributed by atoms with Gasteiger partial charge in [0, 0.05) is 18.9 Å². The fourth-order valence-corrected chi connectivity index (χ4v) is 0.652. The summed E-state index contributed by atoms with van der Waals surface area (Å²) in [6.07, 6.45) is 1.80. The summed E-state index contributed by atoms with van der Waals surface area (Å²) in [7, 11) is 0. The molecule has 0 spiro atoms. The van der Waals surface area contributed by atoms with Gasteiger partial charge in [-0.25, -0.2) is 0 Å². The van der Waals surface area contributed by atoms with E-state index >= 15 is 0 Å². The third-order valence-corrected chi connectivity index (χ3v) is 1.17. The first kappa shape index (κ1) is 11.6. The van der Waals surface area contributed by atoms with Gasteiger partial charge in [0.05, 0.1) is 19.8 Å². The topological polar surface area (TPSA) is 30.8 Å². The fourth-order valence-electron chi connectivity index (χ4n) is 0.652. The van der Waals surface area contributed by atoms with E-state index in [0.717, 1.165) is 6.61 Å². The van der Waals surface area contributed by atoms with Gasteiger partial charge in [0.2, 0.25) is 0 Å². The molecular weight excluding hydrogens is 154 g/mol. The van der Waals surface area contributed by atoms with E-state index in [9.17, 15) is 0 Å². The van der Waals surface area contributed by atoms with Gasteiger partial charge >= 0.3 is 0 Å². The van der Waals surface area contributed by atoms with Gasteiger partial charge < -0.3 is 9.47 Å². The van der Waals surface area contributed by atoms with Crippen LogP contribution in [0, 0.1) is 0 Å². The van der Waals surface area contributed by atoms with E-state index in [0.29, 0.717) is 25.9 Å². The summed E-state index contributed by atoms with van der Waals surface area (Å²) in [6, 6.07) is 0.362. The van der Waals surface area contributed by atoms with Crippen molar-refractivity contribution in [2.75, 3.05) is 26.4 Å². The van der Waals surface area contributed by atoms with E-state index in [1.54, 1.807) is 6.21 Å². The summed E-state index contributed by atoms with van der Waals surface area (Å²) in [5.74, 6) is 0. The minimum absolute atomic E-state index is 0.362. The molecule has 0 atom stereocenters. The maximum absolute atomic E-state index is 5.21. The molecule has 3 nitrogen and oxygen atoms in total. The van der Waals surface area contributed by atoms with Crippen molar-refractivity contribution in [1.29, 1.82) is 0 Å². The van der Waals surface area contributed by atoms with Gasteiger partial charge in [0.1, 0.15) is 0 Å². The second-order valence-corrected chi connectivity index (χ2v) is 2.70. The Kier molecular flexibility index (Phi) is 8.39. The van der Waals surface area contributed by atoms with E-state index in [1.807, 2.05) is 20.8 Å². The molecular formula is C9H19NO2. The lowest BCUT2D eigenvalue weighted by atomic mass is 10.4. The molecule has 0 saturated carbocycles. The van der Waals surface area contributed by atoms with Crippen LogP contribution in [0.15, 0.2) is 4.99 Å². The van der Waals surface area contributed by atoms with Crippen LogP contribution in [0.1, 0.15) is 20.8 Å². The second-order valence-electron chi connectivity index (χ2n) is 2.70. The SMILES string of the molecule is CCOCCOC/C=N/C(C)C. The Morgan fingerprint density at radius 2 is 1.92 bits per heavy atom. The monoisotopic (exact) mass is 173 g/mol. The minimum atomic E-state index is 0.362. The first-order chi connectivity index (χ1) is 5.77. The van der Waals surface area contributed by atoms with Crippen molar-refractivity contribution in [2.24, 2.45) is 4.99 Å². The average Bonchev–Trinajstić information content (AvgIpc) is 2.02. The zero-order valence-electron chi connectivity index (χ0n) is 8.25. The van der Waals surface area contributed by atoms with Crippen LogP contribution in [-0.4, -0.2) is 38.7 Å². The number of hydrogen-bond donors (Lipinski definition) is 0. The molecule has 0 fully saturated rings. The standard InChI is InChI=1S/C9H19NO2/c1-4-11-7-8-12-6-5-10-9(2)3/h5,9H,4,6-8H2,1-3H3/b10-5+. The van der Waals surface area contributed by atoms with Crippen molar-refractivity contribution in [2.45, 2.75) is 26.8 Å². The molecule has 0 radical (unpaired) electrons. The molecule has 0 aromatic heterocycles. The summed E-state index contributed by atoms with van der Waals surface area (Å²) in [5.41, 5.74) is 0. The molecule has 0 aromatic carbocycles. The normalized spacial score (nSPS) is 11.7. The first-order valence-electron chi connectivity index (χ1n) is 4.44. The quantitative estimate of drug-likeness (QED) is 0.431. The molecule has 0 aliphatic heterocycles. The highest BCUT2D eigenvalue weighted by molar-refractivity contribution is 5.58. The van der Waals surface area contributed by atoms with E-state index in [-0.39, 0.29) is 0 Å². The fraction of sp³-hybridized carbons (Fsp3) is 0.889. The molecule has 0 aliphatic carbocycles. The largest absolute Gasteiger partial charge is 0.379 e. The van der Waals surface area contributed by atoms with E-state index < -0.39 is 0 Å².